The third kappa shape index (κ3) is 6.48. The van der Waals surface area contributed by atoms with E-state index in [1.807, 2.05) is 0 Å². The first kappa shape index (κ1) is 27.8. The molecule has 1 aromatic carbocycles. The van der Waals surface area contributed by atoms with Crippen molar-refractivity contribution in [2.75, 3.05) is 38.2 Å². The highest BCUT2D eigenvalue weighted by Crippen LogP contribution is 2.36. The molecule has 1 aliphatic heterocycles. The minimum Gasteiger partial charge on any atom is -0.491 e. The van der Waals surface area contributed by atoms with E-state index in [2.05, 4.69) is 10.3 Å². The fourth-order valence-electron chi connectivity index (χ4n) is 4.11. The Bertz CT molecular complexity index is 1140. The summed E-state index contributed by atoms with van der Waals surface area (Å²) in [5.41, 5.74) is 7.89. The van der Waals surface area contributed by atoms with Gasteiger partial charge in [-0.25, -0.2) is 18.7 Å². The smallest absolute Gasteiger partial charge is 0.251 e. The van der Waals surface area contributed by atoms with E-state index in [1.165, 1.54) is 6.92 Å². The van der Waals surface area contributed by atoms with Gasteiger partial charge >= 0.3 is 0 Å². The summed E-state index contributed by atoms with van der Waals surface area (Å²) in [5.74, 6) is -1.92. The van der Waals surface area contributed by atoms with Crippen molar-refractivity contribution in [3.63, 3.8) is 0 Å². The molecule has 0 saturated carbocycles. The number of ketones is 1. The molecular weight excluding hydrogens is 492 g/mol. The van der Waals surface area contributed by atoms with E-state index >= 15 is 0 Å². The highest BCUT2D eigenvalue weighted by molar-refractivity contribution is 6.33. The van der Waals surface area contributed by atoms with Gasteiger partial charge < -0.3 is 25.8 Å². The maximum Gasteiger partial charge on any atom is 0.251 e. The van der Waals surface area contributed by atoms with E-state index in [1.54, 1.807) is 44.0 Å². The fourth-order valence-corrected chi connectivity index (χ4v) is 4.31. The van der Waals surface area contributed by atoms with Crippen LogP contribution in [-0.4, -0.2) is 66.2 Å². The number of likely N-dealkylation sites (N-methyl/N-ethyl adjacent to an activating group) is 1. The molecule has 36 heavy (non-hydrogen) atoms. The van der Waals surface area contributed by atoms with Crippen molar-refractivity contribution in [2.45, 2.75) is 45.6 Å². The first-order valence-corrected chi connectivity index (χ1v) is 12.1. The first-order chi connectivity index (χ1) is 16.9. The predicted octanol–water partition coefficient (Wildman–Crippen LogP) is 3.58. The number of nitrogens with one attached hydrogen (secondary N) is 1. The van der Waals surface area contributed by atoms with Crippen molar-refractivity contribution < 1.29 is 23.4 Å². The molecule has 1 aromatic heterocycles. The second-order valence-corrected chi connectivity index (χ2v) is 9.37. The number of alkyl halides is 2. The lowest BCUT2D eigenvalue weighted by Crippen LogP contribution is -2.40. The van der Waals surface area contributed by atoms with Crippen LogP contribution in [0, 0.1) is 6.92 Å². The number of ether oxygens (including phenoxy) is 1. The third-order valence-electron chi connectivity index (χ3n) is 5.96. The summed E-state index contributed by atoms with van der Waals surface area (Å²) < 4.78 is 33.4. The van der Waals surface area contributed by atoms with Crippen LogP contribution in [0.3, 0.4) is 0 Å². The van der Waals surface area contributed by atoms with E-state index < -0.39 is 12.0 Å². The average Bonchev–Trinajstić information content (AvgIpc) is 2.80. The summed E-state index contributed by atoms with van der Waals surface area (Å²) in [7, 11) is 1.73. The lowest BCUT2D eigenvalue weighted by molar-refractivity contribution is -0.111. The maximum absolute atomic E-state index is 13.9. The van der Waals surface area contributed by atoms with Crippen LogP contribution in [0.15, 0.2) is 23.9 Å². The number of Topliss-reactive ketones (excluding diaryl/α,β-unsaturated/α-hetero) is 1. The number of benzene rings is 1. The van der Waals surface area contributed by atoms with Crippen LogP contribution < -0.4 is 20.7 Å². The van der Waals surface area contributed by atoms with Crippen molar-refractivity contribution in [3.8, 4) is 17.1 Å². The number of anilines is 1. The molecule has 0 spiro atoms. The number of carbonyl (C=O) groups is 1. The molecule has 0 aliphatic carbocycles. The summed E-state index contributed by atoms with van der Waals surface area (Å²) in [5, 5.41) is 13.2. The zero-order valence-corrected chi connectivity index (χ0v) is 21.6. The molecule has 0 amide bonds. The summed E-state index contributed by atoms with van der Waals surface area (Å²) in [6.45, 7) is 5.37. The summed E-state index contributed by atoms with van der Waals surface area (Å²) in [6, 6.07) is 4.92. The molecule has 2 aromatic rings. The van der Waals surface area contributed by atoms with Crippen molar-refractivity contribution in [1.82, 2.24) is 15.3 Å². The van der Waals surface area contributed by atoms with E-state index in [9.17, 15) is 18.7 Å². The molecule has 3 rings (SSSR count). The molecule has 1 saturated heterocycles. The van der Waals surface area contributed by atoms with Gasteiger partial charge in [0.2, 0.25) is 0 Å². The molecule has 1 atom stereocenters. The molecule has 0 bridgehead atoms. The van der Waals surface area contributed by atoms with Gasteiger partial charge in [0.25, 0.3) is 5.92 Å². The number of hydrogen-bond acceptors (Lipinski definition) is 8. The first-order valence-electron chi connectivity index (χ1n) is 11.7. The molecule has 1 fully saturated rings. The number of aliphatic hydroxyl groups is 1. The molecule has 11 heteroatoms. The van der Waals surface area contributed by atoms with Crippen LogP contribution in [0.4, 0.5) is 14.6 Å². The Kier molecular flexibility index (Phi) is 8.86. The minimum atomic E-state index is -2.73. The molecule has 0 unspecified atom stereocenters. The zero-order valence-electron chi connectivity index (χ0n) is 20.9. The largest absolute Gasteiger partial charge is 0.491 e. The molecule has 1 aliphatic rings. The quantitative estimate of drug-likeness (QED) is 0.427. The Balaban J connectivity index is 2.12. The highest BCUT2D eigenvalue weighted by Gasteiger charge is 2.35. The molecule has 2 heterocycles. The number of halogens is 3. The number of nitrogens with two attached hydrogens (primary N) is 1. The summed E-state index contributed by atoms with van der Waals surface area (Å²) in [4.78, 5) is 23.6. The molecule has 196 valence electrons. The van der Waals surface area contributed by atoms with Crippen molar-refractivity contribution >= 4 is 28.8 Å². The van der Waals surface area contributed by atoms with Crippen LogP contribution in [0.1, 0.15) is 37.9 Å². The van der Waals surface area contributed by atoms with Crippen LogP contribution in [-0.2, 0) is 4.79 Å². The van der Waals surface area contributed by atoms with Gasteiger partial charge in [0.1, 0.15) is 24.3 Å². The van der Waals surface area contributed by atoms with Gasteiger partial charge in [0, 0.05) is 49.3 Å². The van der Waals surface area contributed by atoms with Crippen molar-refractivity contribution in [2.24, 2.45) is 5.73 Å². The fraction of sp³-hybridized carbons (Fsp3) is 0.480. The number of piperidine rings is 1. The number of aromatic nitrogens is 2. The van der Waals surface area contributed by atoms with Gasteiger partial charge in [0.05, 0.1) is 16.3 Å². The van der Waals surface area contributed by atoms with E-state index in [0.29, 0.717) is 40.0 Å². The zero-order chi connectivity index (χ0) is 26.6. The average molecular weight is 524 g/mol. The normalized spacial score (nSPS) is 16.9. The number of allylic oxidation sites excluding steroid dienone is 2. The Morgan fingerprint density at radius 3 is 2.56 bits per heavy atom. The Labute approximate surface area is 214 Å². The van der Waals surface area contributed by atoms with E-state index in [0.717, 1.165) is 0 Å². The standard InChI is InChI=1S/C25H32ClF2N5O3/c1-14-22(21(15(2)29)16(3)34)31-23(32-24(14)33-9-7-25(27,28)8-10-33)19-11-18(5-6-20(19)26)36-13-17(35)12-30-4/h5-6,11,17,30,35H,7-10,12-13,29H2,1-4H3/t17-/m1/s1. The lowest BCUT2D eigenvalue weighted by Gasteiger charge is -2.34. The lowest BCUT2D eigenvalue weighted by atomic mass is 10.0. The molecular formula is C25H32ClF2N5O3. The van der Waals surface area contributed by atoms with Gasteiger partial charge in [-0.15, -0.1) is 0 Å². The molecule has 8 nitrogen and oxygen atoms in total. The second kappa shape index (κ2) is 11.5. The number of rotatable bonds is 9. The Hall–Kier alpha value is -2.82. The number of carbonyl (C=O) groups excluding carboxylic acids is 1. The van der Waals surface area contributed by atoms with Crippen LogP contribution in [0.5, 0.6) is 5.75 Å². The Morgan fingerprint density at radius 1 is 1.31 bits per heavy atom. The van der Waals surface area contributed by atoms with Gasteiger partial charge in [-0.3, -0.25) is 4.79 Å². The van der Waals surface area contributed by atoms with E-state index in [-0.39, 0.29) is 55.4 Å². The minimum absolute atomic E-state index is 0.0543. The van der Waals surface area contributed by atoms with Crippen molar-refractivity contribution in [1.29, 1.82) is 0 Å². The van der Waals surface area contributed by atoms with Crippen LogP contribution in [0.25, 0.3) is 17.0 Å². The van der Waals surface area contributed by atoms with Gasteiger partial charge in [-0.05, 0) is 46.0 Å². The number of nitrogens with zero attached hydrogens (tertiary/aromatic N) is 3. The van der Waals surface area contributed by atoms with Crippen LogP contribution in [0.2, 0.25) is 5.02 Å². The van der Waals surface area contributed by atoms with Gasteiger partial charge in [-0.1, -0.05) is 11.6 Å². The predicted molar refractivity (Wildman–Crippen MR) is 136 cm³/mol. The number of aliphatic hydroxyl groups excluding tert-OH is 1. The van der Waals surface area contributed by atoms with Gasteiger partial charge in [0.15, 0.2) is 11.6 Å². The van der Waals surface area contributed by atoms with Gasteiger partial charge in [-0.2, -0.15) is 0 Å². The van der Waals surface area contributed by atoms with E-state index in [4.69, 9.17) is 27.1 Å². The molecule has 0 radical (unpaired) electrons. The highest BCUT2D eigenvalue weighted by atomic mass is 35.5. The SMILES string of the molecule is CNC[C@@H](O)COc1ccc(Cl)c(-c2nc(C(C(C)=O)=C(C)N)c(C)c(N3CCC(F)(F)CC3)n2)c1. The van der Waals surface area contributed by atoms with Crippen LogP contribution >= 0.6 is 11.6 Å². The second-order valence-electron chi connectivity index (χ2n) is 8.97. The summed E-state index contributed by atoms with van der Waals surface area (Å²) >= 11 is 6.50. The monoisotopic (exact) mass is 523 g/mol. The molecule has 4 N–H and O–H groups in total. The maximum atomic E-state index is 13.9. The Morgan fingerprint density at radius 2 is 1.97 bits per heavy atom. The summed E-state index contributed by atoms with van der Waals surface area (Å²) in [6.07, 6.45) is -1.31. The third-order valence-corrected chi connectivity index (χ3v) is 6.29. The number of hydrogen-bond donors (Lipinski definition) is 3. The van der Waals surface area contributed by atoms with Crippen molar-refractivity contribution in [3.05, 3.63) is 40.2 Å². The topological polar surface area (TPSA) is 114 Å².